The highest BCUT2D eigenvalue weighted by molar-refractivity contribution is 5.86. The number of aromatic amines is 1. The van der Waals surface area contributed by atoms with E-state index in [1.165, 1.54) is 12.1 Å². The second kappa shape index (κ2) is 7.86. The van der Waals surface area contributed by atoms with Gasteiger partial charge in [0.05, 0.1) is 12.2 Å². The van der Waals surface area contributed by atoms with Gasteiger partial charge in [-0.3, -0.25) is 4.79 Å². The Kier molecular flexibility index (Phi) is 5.56. The van der Waals surface area contributed by atoms with Crippen LogP contribution in [0.2, 0.25) is 0 Å². The van der Waals surface area contributed by atoms with Crippen LogP contribution in [0.3, 0.4) is 0 Å². The largest absolute Gasteiger partial charge is 0.480 e. The number of aromatic nitrogens is 1. The average Bonchev–Trinajstić information content (AvgIpc) is 3.18. The van der Waals surface area contributed by atoms with E-state index in [2.05, 4.69) is 10.3 Å². The number of hydrogen-bond donors (Lipinski definition) is 3. The molecule has 0 bridgehead atoms. The van der Waals surface area contributed by atoms with E-state index in [1.807, 2.05) is 6.92 Å². The molecule has 3 atom stereocenters. The Hall–Kier alpha value is -2.41. The van der Waals surface area contributed by atoms with Gasteiger partial charge in [0, 0.05) is 29.9 Å². The van der Waals surface area contributed by atoms with Crippen LogP contribution in [0.5, 0.6) is 0 Å². The van der Waals surface area contributed by atoms with E-state index in [0.29, 0.717) is 11.9 Å². The smallest absolute Gasteiger partial charge is 0.326 e. The van der Waals surface area contributed by atoms with Crippen molar-refractivity contribution < 1.29 is 23.8 Å². The molecule has 1 aromatic heterocycles. The molecule has 0 spiro atoms. The third-order valence-electron chi connectivity index (χ3n) is 4.80. The molecular formula is C19H23FN2O4. The third kappa shape index (κ3) is 4.40. The topological polar surface area (TPSA) is 91.4 Å². The van der Waals surface area contributed by atoms with Gasteiger partial charge < -0.3 is 20.1 Å². The van der Waals surface area contributed by atoms with Crippen molar-refractivity contribution >= 4 is 22.8 Å². The first kappa shape index (κ1) is 18.4. The highest BCUT2D eigenvalue weighted by atomic mass is 19.1. The standard InChI is InChI=1S/C19H23FN2O4/c1-11-2-4-14(26-11)5-7-18(23)22-17(19(24)25)8-12-10-21-16-9-13(20)3-6-15(12)16/h3,6,9-11,14,17,21H,2,4-5,7-8H2,1H3,(H,22,23)(H,24,25)/t11-,14-,17-/m1/s1. The van der Waals surface area contributed by atoms with E-state index in [-0.39, 0.29) is 36.8 Å². The number of hydrogen-bond acceptors (Lipinski definition) is 3. The van der Waals surface area contributed by atoms with Crippen LogP contribution in [0, 0.1) is 5.82 Å². The first-order valence-electron chi connectivity index (χ1n) is 8.85. The molecule has 0 radical (unpaired) electrons. The average molecular weight is 362 g/mol. The van der Waals surface area contributed by atoms with Crippen molar-refractivity contribution in [3.05, 3.63) is 35.8 Å². The number of aliphatic carboxylic acids is 1. The molecule has 3 rings (SSSR count). The fraction of sp³-hybridized carbons (Fsp3) is 0.474. The number of rotatable bonds is 7. The maximum absolute atomic E-state index is 13.3. The van der Waals surface area contributed by atoms with E-state index < -0.39 is 12.0 Å². The summed E-state index contributed by atoms with van der Waals surface area (Å²) in [6.07, 6.45) is 4.83. The molecule has 1 aliphatic rings. The number of benzene rings is 1. The predicted octanol–water partition coefficient (Wildman–Crippen LogP) is 2.77. The number of carboxylic acids is 1. The highest BCUT2D eigenvalue weighted by Gasteiger charge is 2.25. The molecular weight excluding hydrogens is 339 g/mol. The predicted molar refractivity (Wildman–Crippen MR) is 94.3 cm³/mol. The van der Waals surface area contributed by atoms with Crippen LogP contribution in [-0.2, 0) is 20.7 Å². The summed E-state index contributed by atoms with van der Waals surface area (Å²) in [5, 5.41) is 12.8. The lowest BCUT2D eigenvalue weighted by atomic mass is 10.0. The van der Waals surface area contributed by atoms with Gasteiger partial charge in [-0.25, -0.2) is 9.18 Å². The summed E-state index contributed by atoms with van der Waals surface area (Å²) in [5.74, 6) is -1.76. The molecule has 26 heavy (non-hydrogen) atoms. The van der Waals surface area contributed by atoms with E-state index in [9.17, 15) is 19.1 Å². The van der Waals surface area contributed by atoms with Gasteiger partial charge >= 0.3 is 5.97 Å². The van der Waals surface area contributed by atoms with Crippen molar-refractivity contribution in [3.8, 4) is 0 Å². The molecule has 1 fully saturated rings. The zero-order chi connectivity index (χ0) is 18.7. The minimum Gasteiger partial charge on any atom is -0.480 e. The van der Waals surface area contributed by atoms with Crippen LogP contribution in [0.1, 0.15) is 38.2 Å². The number of H-pyrrole nitrogens is 1. The van der Waals surface area contributed by atoms with Crippen LogP contribution in [0.25, 0.3) is 10.9 Å². The molecule has 1 aromatic carbocycles. The summed E-state index contributed by atoms with van der Waals surface area (Å²) >= 11 is 0. The highest BCUT2D eigenvalue weighted by Crippen LogP contribution is 2.23. The second-order valence-corrected chi connectivity index (χ2v) is 6.85. The van der Waals surface area contributed by atoms with Crippen LogP contribution in [0.4, 0.5) is 4.39 Å². The Morgan fingerprint density at radius 2 is 2.23 bits per heavy atom. The summed E-state index contributed by atoms with van der Waals surface area (Å²) in [4.78, 5) is 26.6. The first-order chi connectivity index (χ1) is 12.4. The number of carbonyl (C=O) groups is 2. The molecule has 3 N–H and O–H groups in total. The molecule has 1 amide bonds. The molecule has 0 unspecified atom stereocenters. The summed E-state index contributed by atoms with van der Waals surface area (Å²) in [6, 6.07) is 3.26. The van der Waals surface area contributed by atoms with Crippen LogP contribution < -0.4 is 5.32 Å². The normalized spacial score (nSPS) is 21.0. The van der Waals surface area contributed by atoms with Crippen LogP contribution in [0.15, 0.2) is 24.4 Å². The Morgan fingerprint density at radius 3 is 2.92 bits per heavy atom. The summed E-state index contributed by atoms with van der Waals surface area (Å²) in [6.45, 7) is 2.01. The molecule has 2 aromatic rings. The van der Waals surface area contributed by atoms with Gasteiger partial charge in [0.2, 0.25) is 5.91 Å². The maximum Gasteiger partial charge on any atom is 0.326 e. The van der Waals surface area contributed by atoms with Crippen molar-refractivity contribution in [2.75, 3.05) is 0 Å². The van der Waals surface area contributed by atoms with E-state index in [4.69, 9.17) is 4.74 Å². The molecule has 0 aliphatic carbocycles. The molecule has 2 heterocycles. The molecule has 6 nitrogen and oxygen atoms in total. The van der Waals surface area contributed by atoms with Gasteiger partial charge in [0.15, 0.2) is 0 Å². The quantitative estimate of drug-likeness (QED) is 0.706. The monoisotopic (exact) mass is 362 g/mol. The van der Waals surface area contributed by atoms with E-state index in [0.717, 1.165) is 23.8 Å². The Bertz CT molecular complexity index is 804. The van der Waals surface area contributed by atoms with Gasteiger partial charge in [0.25, 0.3) is 0 Å². The van der Waals surface area contributed by atoms with Gasteiger partial charge in [-0.2, -0.15) is 0 Å². The molecule has 7 heteroatoms. The Labute approximate surface area is 150 Å². The number of fused-ring (bicyclic) bond motifs is 1. The fourth-order valence-corrected chi connectivity index (χ4v) is 3.40. The number of halogens is 1. The molecule has 1 aliphatic heterocycles. The van der Waals surface area contributed by atoms with Crippen LogP contribution >= 0.6 is 0 Å². The zero-order valence-electron chi connectivity index (χ0n) is 14.6. The van der Waals surface area contributed by atoms with Gasteiger partial charge in [-0.1, -0.05) is 0 Å². The van der Waals surface area contributed by atoms with Gasteiger partial charge in [-0.05, 0) is 49.9 Å². The Morgan fingerprint density at radius 1 is 1.42 bits per heavy atom. The lowest BCUT2D eigenvalue weighted by Gasteiger charge is -2.15. The first-order valence-corrected chi connectivity index (χ1v) is 8.85. The SMILES string of the molecule is C[C@@H]1CC[C@H](CCC(=O)N[C@H](Cc2c[nH]c3cc(F)ccc23)C(=O)O)O1. The van der Waals surface area contributed by atoms with Gasteiger partial charge in [-0.15, -0.1) is 0 Å². The van der Waals surface area contributed by atoms with Crippen molar-refractivity contribution in [1.29, 1.82) is 0 Å². The molecule has 1 saturated heterocycles. The Balaban J connectivity index is 1.59. The summed E-state index contributed by atoms with van der Waals surface area (Å²) in [5.41, 5.74) is 1.32. The third-order valence-corrected chi connectivity index (χ3v) is 4.80. The minimum atomic E-state index is -1.10. The molecule has 0 saturated carbocycles. The minimum absolute atomic E-state index is 0.0718. The molecule has 140 valence electrons. The number of nitrogens with one attached hydrogen (secondary N) is 2. The number of carboxylic acid groups (broad SMARTS) is 1. The zero-order valence-corrected chi connectivity index (χ0v) is 14.6. The lowest BCUT2D eigenvalue weighted by molar-refractivity contribution is -0.141. The number of ether oxygens (including phenoxy) is 1. The second-order valence-electron chi connectivity index (χ2n) is 6.85. The van der Waals surface area contributed by atoms with Crippen molar-refractivity contribution in [3.63, 3.8) is 0 Å². The van der Waals surface area contributed by atoms with E-state index in [1.54, 1.807) is 12.3 Å². The summed E-state index contributed by atoms with van der Waals surface area (Å²) < 4.78 is 18.9. The fourth-order valence-electron chi connectivity index (χ4n) is 3.40. The van der Waals surface area contributed by atoms with Crippen molar-refractivity contribution in [2.24, 2.45) is 0 Å². The van der Waals surface area contributed by atoms with E-state index >= 15 is 0 Å². The maximum atomic E-state index is 13.3. The number of carbonyl (C=O) groups excluding carboxylic acids is 1. The van der Waals surface area contributed by atoms with Gasteiger partial charge in [0.1, 0.15) is 11.9 Å². The summed E-state index contributed by atoms with van der Waals surface area (Å²) in [7, 11) is 0. The lowest BCUT2D eigenvalue weighted by Crippen LogP contribution is -2.42. The van der Waals surface area contributed by atoms with Crippen molar-refractivity contribution in [2.45, 2.75) is 57.3 Å². The number of amides is 1. The van der Waals surface area contributed by atoms with Crippen LogP contribution in [-0.4, -0.2) is 40.2 Å². The van der Waals surface area contributed by atoms with Crippen molar-refractivity contribution in [1.82, 2.24) is 10.3 Å².